The molecule has 0 N–H and O–H groups in total. The van der Waals surface area contributed by atoms with E-state index in [-0.39, 0.29) is 5.56 Å². The molecular formula is C24H17F2NS2. The monoisotopic (exact) mass is 421 g/mol. The van der Waals surface area contributed by atoms with Crippen LogP contribution in [0.5, 0.6) is 0 Å². The van der Waals surface area contributed by atoms with Gasteiger partial charge in [-0.3, -0.25) is 0 Å². The largest absolute Gasteiger partial charge is 0.206 e. The summed E-state index contributed by atoms with van der Waals surface area (Å²) in [4.78, 5) is 6.13. The number of halogens is 2. The Morgan fingerprint density at radius 2 is 1.62 bits per heavy atom. The van der Waals surface area contributed by atoms with E-state index in [1.165, 1.54) is 42.7 Å². The van der Waals surface area contributed by atoms with Gasteiger partial charge in [-0.05, 0) is 72.9 Å². The third kappa shape index (κ3) is 4.52. The van der Waals surface area contributed by atoms with Gasteiger partial charge in [0, 0.05) is 10.4 Å². The van der Waals surface area contributed by atoms with E-state index in [1.54, 1.807) is 35.6 Å². The minimum absolute atomic E-state index is 0.0759. The molecule has 0 atom stereocenters. The fourth-order valence-corrected chi connectivity index (χ4v) is 4.80. The van der Waals surface area contributed by atoms with Gasteiger partial charge in [0.05, 0.1) is 21.3 Å². The van der Waals surface area contributed by atoms with Gasteiger partial charge in [-0.1, -0.05) is 36.8 Å². The van der Waals surface area contributed by atoms with Crippen LogP contribution in [0.4, 0.5) is 14.5 Å². The summed E-state index contributed by atoms with van der Waals surface area (Å²) in [7, 11) is 0. The van der Waals surface area contributed by atoms with Crippen LogP contribution < -0.4 is 0 Å². The van der Waals surface area contributed by atoms with E-state index in [9.17, 15) is 8.78 Å². The zero-order chi connectivity index (χ0) is 20.2. The molecule has 1 nitrogen and oxygen atoms in total. The first-order chi connectivity index (χ1) is 14.1. The van der Waals surface area contributed by atoms with Gasteiger partial charge in [-0.25, -0.2) is 8.78 Å². The zero-order valence-corrected chi connectivity index (χ0v) is 17.2. The van der Waals surface area contributed by atoms with Gasteiger partial charge in [-0.15, -0.1) is 11.3 Å². The Bertz CT molecular complexity index is 1120. The van der Waals surface area contributed by atoms with Gasteiger partial charge < -0.3 is 0 Å². The first-order valence-corrected chi connectivity index (χ1v) is 10.7. The van der Waals surface area contributed by atoms with Crippen LogP contribution in [0.15, 0.2) is 53.5 Å². The van der Waals surface area contributed by atoms with Gasteiger partial charge in [0.15, 0.2) is 0 Å². The van der Waals surface area contributed by atoms with Crippen molar-refractivity contribution in [3.05, 3.63) is 75.5 Å². The molecular weight excluding hydrogens is 404 g/mol. The molecule has 29 heavy (non-hydrogen) atoms. The summed E-state index contributed by atoms with van der Waals surface area (Å²) in [5.41, 5.74) is 1.26. The average molecular weight is 422 g/mol. The fourth-order valence-electron chi connectivity index (χ4n) is 3.66. The highest BCUT2D eigenvalue weighted by molar-refractivity contribution is 7.78. The van der Waals surface area contributed by atoms with E-state index in [0.29, 0.717) is 22.7 Å². The Labute approximate surface area is 178 Å². The van der Waals surface area contributed by atoms with Crippen molar-refractivity contribution in [1.82, 2.24) is 0 Å². The Balaban J connectivity index is 1.58. The number of nitrogens with zero attached hydrogens (tertiary/aromatic N) is 1. The van der Waals surface area contributed by atoms with Crippen molar-refractivity contribution in [3.8, 4) is 23.0 Å². The molecule has 1 heterocycles. The highest BCUT2D eigenvalue weighted by Gasteiger charge is 2.18. The van der Waals surface area contributed by atoms with Crippen LogP contribution in [-0.2, 0) is 0 Å². The van der Waals surface area contributed by atoms with Crippen molar-refractivity contribution in [3.63, 3.8) is 0 Å². The number of aliphatic imine (C=N–C) groups is 1. The molecule has 0 amide bonds. The van der Waals surface area contributed by atoms with E-state index >= 15 is 0 Å². The molecule has 0 bridgehead atoms. The maximum absolute atomic E-state index is 14.6. The molecule has 0 unspecified atom stereocenters. The number of hydrogen-bond donors (Lipinski definition) is 0. The molecule has 4 rings (SSSR count). The predicted octanol–water partition coefficient (Wildman–Crippen LogP) is 7.49. The quantitative estimate of drug-likeness (QED) is 0.242. The van der Waals surface area contributed by atoms with E-state index in [4.69, 9.17) is 0 Å². The molecule has 1 saturated carbocycles. The standard InChI is InChI=1S/C24H17F2NS2/c25-21-13-16(5-10-20-11-12-23(29-20)17-3-1-2-4-17)14-22(26)24(21)18-6-8-19(9-7-18)27-15-28/h6-9,11-14,17H,1-4H2. The van der Waals surface area contributed by atoms with E-state index in [1.807, 2.05) is 6.07 Å². The normalized spacial score (nSPS) is 13.6. The summed E-state index contributed by atoms with van der Waals surface area (Å²) in [6.07, 6.45) is 5.06. The Morgan fingerprint density at radius 1 is 0.931 bits per heavy atom. The zero-order valence-electron chi connectivity index (χ0n) is 15.5. The van der Waals surface area contributed by atoms with Crippen LogP contribution in [-0.4, -0.2) is 5.16 Å². The number of isothiocyanates is 1. The number of rotatable bonds is 3. The van der Waals surface area contributed by atoms with Crippen LogP contribution in [0.3, 0.4) is 0 Å². The molecule has 0 radical (unpaired) electrons. The average Bonchev–Trinajstić information content (AvgIpc) is 3.39. The molecule has 5 heteroatoms. The summed E-state index contributed by atoms with van der Waals surface area (Å²) in [5.74, 6) is 5.31. The maximum Gasteiger partial charge on any atom is 0.135 e. The summed E-state index contributed by atoms with van der Waals surface area (Å²) >= 11 is 6.24. The van der Waals surface area contributed by atoms with Crippen molar-refractivity contribution in [2.24, 2.45) is 4.99 Å². The molecule has 144 valence electrons. The summed E-state index contributed by atoms with van der Waals surface area (Å²) < 4.78 is 29.2. The van der Waals surface area contributed by atoms with Crippen molar-refractivity contribution >= 4 is 34.4 Å². The van der Waals surface area contributed by atoms with Crippen LogP contribution >= 0.6 is 23.6 Å². The lowest BCUT2D eigenvalue weighted by atomic mass is 10.0. The van der Waals surface area contributed by atoms with E-state index in [0.717, 1.165) is 4.88 Å². The molecule has 1 aliphatic rings. The van der Waals surface area contributed by atoms with Gasteiger partial charge >= 0.3 is 0 Å². The Morgan fingerprint density at radius 3 is 2.28 bits per heavy atom. The van der Waals surface area contributed by atoms with E-state index < -0.39 is 11.6 Å². The number of thiophene rings is 1. The Kier molecular flexibility index (Phi) is 5.97. The Hall–Kier alpha value is -2.64. The second-order valence-corrected chi connectivity index (χ2v) is 8.30. The lowest BCUT2D eigenvalue weighted by Crippen LogP contribution is -1.92. The molecule has 1 aliphatic carbocycles. The first-order valence-electron chi connectivity index (χ1n) is 9.43. The summed E-state index contributed by atoms with van der Waals surface area (Å²) in [5, 5.41) is 2.26. The van der Waals surface area contributed by atoms with Gasteiger partial charge in [0.1, 0.15) is 11.6 Å². The molecule has 3 aromatic rings. The SMILES string of the molecule is Fc1cc(C#Cc2ccc(C3CCCC3)s2)cc(F)c1-c1ccc(N=C=S)cc1. The van der Waals surface area contributed by atoms with Crippen LogP contribution in [0.1, 0.15) is 46.9 Å². The van der Waals surface area contributed by atoms with Crippen LogP contribution in [0.25, 0.3) is 11.1 Å². The van der Waals surface area contributed by atoms with Crippen molar-refractivity contribution in [2.75, 3.05) is 0 Å². The minimum Gasteiger partial charge on any atom is -0.206 e. The van der Waals surface area contributed by atoms with Gasteiger partial charge in [-0.2, -0.15) is 4.99 Å². The molecule has 0 aliphatic heterocycles. The lowest BCUT2D eigenvalue weighted by molar-refractivity contribution is 0.589. The third-order valence-corrected chi connectivity index (χ3v) is 6.34. The second kappa shape index (κ2) is 8.80. The predicted molar refractivity (Wildman–Crippen MR) is 118 cm³/mol. The molecule has 1 aromatic heterocycles. The van der Waals surface area contributed by atoms with Crippen molar-refractivity contribution in [1.29, 1.82) is 0 Å². The third-order valence-electron chi connectivity index (χ3n) is 5.09. The van der Waals surface area contributed by atoms with Crippen molar-refractivity contribution < 1.29 is 8.78 Å². The second-order valence-electron chi connectivity index (χ2n) is 7.00. The first kappa shape index (κ1) is 19.7. The van der Waals surface area contributed by atoms with Crippen LogP contribution in [0.2, 0.25) is 0 Å². The summed E-state index contributed by atoms with van der Waals surface area (Å²) in [6, 6.07) is 13.2. The number of benzene rings is 2. The highest BCUT2D eigenvalue weighted by Crippen LogP contribution is 2.37. The topological polar surface area (TPSA) is 12.4 Å². The smallest absolute Gasteiger partial charge is 0.135 e. The van der Waals surface area contributed by atoms with Crippen LogP contribution in [0, 0.1) is 23.5 Å². The van der Waals surface area contributed by atoms with Gasteiger partial charge in [0.25, 0.3) is 0 Å². The minimum atomic E-state index is -0.641. The highest BCUT2D eigenvalue weighted by atomic mass is 32.1. The number of hydrogen-bond acceptors (Lipinski definition) is 3. The molecule has 1 fully saturated rings. The summed E-state index contributed by atoms with van der Waals surface area (Å²) in [6.45, 7) is 0. The van der Waals surface area contributed by atoms with Crippen molar-refractivity contribution in [2.45, 2.75) is 31.6 Å². The maximum atomic E-state index is 14.6. The van der Waals surface area contributed by atoms with E-state index in [2.05, 4.69) is 40.3 Å². The molecule has 0 saturated heterocycles. The van der Waals surface area contributed by atoms with Gasteiger partial charge in [0.2, 0.25) is 0 Å². The fraction of sp³-hybridized carbons (Fsp3) is 0.208. The number of thiocarbonyl (C=S) groups is 1. The lowest BCUT2D eigenvalue weighted by Gasteiger charge is -2.06. The molecule has 0 spiro atoms. The molecule has 2 aromatic carbocycles.